The van der Waals surface area contributed by atoms with Gasteiger partial charge in [0.05, 0.1) is 18.5 Å². The van der Waals surface area contributed by atoms with Crippen LogP contribution in [0.3, 0.4) is 0 Å². The third-order valence-corrected chi connectivity index (χ3v) is 7.18. The highest BCUT2D eigenvalue weighted by Gasteiger charge is 2.32. The lowest BCUT2D eigenvalue weighted by molar-refractivity contribution is 0.102. The molecule has 6 nitrogen and oxygen atoms in total. The van der Waals surface area contributed by atoms with Crippen LogP contribution in [0.5, 0.6) is 5.75 Å². The van der Waals surface area contributed by atoms with Crippen molar-refractivity contribution in [3.63, 3.8) is 0 Å². The maximum Gasteiger partial charge on any atom is 0.268 e. The van der Waals surface area contributed by atoms with Crippen LogP contribution in [0.15, 0.2) is 59.5 Å². The zero-order chi connectivity index (χ0) is 23.8. The molecule has 10 heteroatoms. The van der Waals surface area contributed by atoms with E-state index in [0.717, 1.165) is 24.1 Å². The van der Waals surface area contributed by atoms with Crippen LogP contribution in [-0.4, -0.2) is 28.0 Å². The number of ether oxygens (including phenoxy) is 1. The summed E-state index contributed by atoms with van der Waals surface area (Å²) < 4.78 is 74.2. The second-order valence-electron chi connectivity index (χ2n) is 7.35. The van der Waals surface area contributed by atoms with Gasteiger partial charge in [-0.2, -0.15) is 0 Å². The summed E-state index contributed by atoms with van der Waals surface area (Å²) in [6.07, 6.45) is 1.36. The van der Waals surface area contributed by atoms with Crippen molar-refractivity contribution < 1.29 is 31.1 Å². The minimum atomic E-state index is -4.12. The Morgan fingerprint density at radius 1 is 1.03 bits per heavy atom. The number of carbonyl (C=O) groups excluding carboxylic acids is 1. The van der Waals surface area contributed by atoms with Gasteiger partial charge in [0, 0.05) is 12.1 Å². The Morgan fingerprint density at radius 3 is 2.55 bits per heavy atom. The average molecular weight is 476 g/mol. The first-order valence-electron chi connectivity index (χ1n) is 9.97. The van der Waals surface area contributed by atoms with E-state index in [2.05, 4.69) is 5.32 Å². The Hall–Kier alpha value is -3.53. The number of para-hydroxylation sites is 1. The summed E-state index contributed by atoms with van der Waals surface area (Å²) in [6, 6.07) is 12.4. The Bertz CT molecular complexity index is 1350. The van der Waals surface area contributed by atoms with Crippen molar-refractivity contribution >= 4 is 27.3 Å². The van der Waals surface area contributed by atoms with E-state index in [0.29, 0.717) is 18.2 Å². The van der Waals surface area contributed by atoms with Gasteiger partial charge in [-0.25, -0.2) is 21.6 Å². The van der Waals surface area contributed by atoms with Crippen LogP contribution in [0.2, 0.25) is 0 Å². The Balaban J connectivity index is 1.72. The third-order valence-electron chi connectivity index (χ3n) is 5.34. The molecule has 0 radical (unpaired) electrons. The topological polar surface area (TPSA) is 75.7 Å². The van der Waals surface area contributed by atoms with Gasteiger partial charge < -0.3 is 10.1 Å². The molecule has 0 aliphatic carbocycles. The highest BCUT2D eigenvalue weighted by atomic mass is 32.2. The number of nitrogens with one attached hydrogen (secondary N) is 1. The molecule has 0 saturated heterocycles. The summed E-state index contributed by atoms with van der Waals surface area (Å²) in [7, 11) is -2.82. The van der Waals surface area contributed by atoms with Crippen LogP contribution in [0.1, 0.15) is 22.3 Å². The van der Waals surface area contributed by atoms with Crippen LogP contribution in [0.25, 0.3) is 0 Å². The molecule has 1 heterocycles. The van der Waals surface area contributed by atoms with Gasteiger partial charge in [-0.1, -0.05) is 18.2 Å². The lowest BCUT2D eigenvalue weighted by atomic mass is 10.0. The summed E-state index contributed by atoms with van der Waals surface area (Å²) in [5, 5.41) is 2.14. The first kappa shape index (κ1) is 22.7. The number of amides is 1. The van der Waals surface area contributed by atoms with Gasteiger partial charge >= 0.3 is 0 Å². The van der Waals surface area contributed by atoms with E-state index in [1.165, 1.54) is 23.5 Å². The zero-order valence-electron chi connectivity index (χ0n) is 17.4. The monoisotopic (exact) mass is 476 g/mol. The predicted molar refractivity (Wildman–Crippen MR) is 117 cm³/mol. The van der Waals surface area contributed by atoms with Gasteiger partial charge in [0.2, 0.25) is 0 Å². The minimum absolute atomic E-state index is 0.0219. The minimum Gasteiger partial charge on any atom is -0.495 e. The first-order valence-corrected chi connectivity index (χ1v) is 11.4. The van der Waals surface area contributed by atoms with Gasteiger partial charge in [0.15, 0.2) is 17.5 Å². The SMILES string of the molecule is COc1ccc(C(=O)Nc2ccc(F)c(F)c2F)cc1S(=O)(=O)N1CCCc2ccccc21. The Kier molecular flexibility index (Phi) is 6.03. The number of anilines is 2. The van der Waals surface area contributed by atoms with Crippen molar-refractivity contribution in [2.45, 2.75) is 17.7 Å². The highest BCUT2D eigenvalue weighted by Crippen LogP contribution is 2.35. The van der Waals surface area contributed by atoms with Crippen LogP contribution >= 0.6 is 0 Å². The molecule has 3 aromatic carbocycles. The van der Waals surface area contributed by atoms with E-state index < -0.39 is 39.1 Å². The number of hydrogen-bond donors (Lipinski definition) is 1. The Morgan fingerprint density at radius 2 is 1.79 bits per heavy atom. The highest BCUT2D eigenvalue weighted by molar-refractivity contribution is 7.93. The number of aryl methyl sites for hydroxylation is 1. The molecule has 1 amide bonds. The number of nitrogens with zero attached hydrogens (tertiary/aromatic N) is 1. The number of carbonyl (C=O) groups is 1. The van der Waals surface area contributed by atoms with Crippen LogP contribution in [0.4, 0.5) is 24.5 Å². The fraction of sp³-hybridized carbons (Fsp3) is 0.174. The van der Waals surface area contributed by atoms with Crippen molar-refractivity contribution in [1.82, 2.24) is 0 Å². The molecule has 0 atom stereocenters. The molecule has 0 saturated carbocycles. The average Bonchev–Trinajstić information content (AvgIpc) is 2.83. The molecular weight excluding hydrogens is 457 g/mol. The molecule has 4 rings (SSSR count). The molecule has 0 bridgehead atoms. The maximum atomic E-state index is 14.0. The summed E-state index contributed by atoms with van der Waals surface area (Å²) in [6.45, 7) is 0.249. The summed E-state index contributed by atoms with van der Waals surface area (Å²) in [5.41, 5.74) is 0.714. The molecule has 1 N–H and O–H groups in total. The molecule has 1 aliphatic heterocycles. The first-order chi connectivity index (χ1) is 15.7. The molecule has 0 fully saturated rings. The van der Waals surface area contributed by atoms with Gasteiger partial charge in [-0.3, -0.25) is 9.10 Å². The van der Waals surface area contributed by atoms with Crippen LogP contribution in [-0.2, 0) is 16.4 Å². The molecule has 172 valence electrons. The number of rotatable bonds is 5. The van der Waals surface area contributed by atoms with Crippen LogP contribution in [0, 0.1) is 17.5 Å². The molecule has 0 aromatic heterocycles. The maximum absolute atomic E-state index is 14.0. The van der Waals surface area contributed by atoms with Gasteiger partial charge in [-0.15, -0.1) is 0 Å². The summed E-state index contributed by atoms with van der Waals surface area (Å²) in [4.78, 5) is 12.4. The smallest absolute Gasteiger partial charge is 0.268 e. The zero-order valence-corrected chi connectivity index (χ0v) is 18.3. The summed E-state index contributed by atoms with van der Waals surface area (Å²) >= 11 is 0. The number of benzene rings is 3. The van der Waals surface area contributed by atoms with Crippen molar-refractivity contribution in [1.29, 1.82) is 0 Å². The molecule has 1 aliphatic rings. The lowest BCUT2D eigenvalue weighted by Gasteiger charge is -2.31. The largest absolute Gasteiger partial charge is 0.495 e. The van der Waals surface area contributed by atoms with Crippen molar-refractivity contribution in [2.24, 2.45) is 0 Å². The van der Waals surface area contributed by atoms with Gasteiger partial charge in [-0.05, 0) is 54.8 Å². The molecule has 0 unspecified atom stereocenters. The predicted octanol–water partition coefficient (Wildman–Crippen LogP) is 4.51. The molecule has 3 aromatic rings. The molecule has 33 heavy (non-hydrogen) atoms. The quantitative estimate of drug-likeness (QED) is 0.550. The number of halogens is 3. The molecular formula is C23H19F3N2O4S. The fourth-order valence-electron chi connectivity index (χ4n) is 3.70. The molecule has 0 spiro atoms. The third kappa shape index (κ3) is 4.13. The van der Waals surface area contributed by atoms with Crippen molar-refractivity contribution in [3.8, 4) is 5.75 Å². The van der Waals surface area contributed by atoms with Crippen molar-refractivity contribution in [3.05, 3.63) is 83.2 Å². The van der Waals surface area contributed by atoms with E-state index in [-0.39, 0.29) is 22.8 Å². The number of methoxy groups -OCH3 is 1. The second kappa shape index (κ2) is 8.78. The number of sulfonamides is 1. The van der Waals surface area contributed by atoms with E-state index in [4.69, 9.17) is 4.74 Å². The number of hydrogen-bond acceptors (Lipinski definition) is 4. The second-order valence-corrected chi connectivity index (χ2v) is 9.18. The normalized spacial score (nSPS) is 13.4. The van der Waals surface area contributed by atoms with Gasteiger partial charge in [0.25, 0.3) is 15.9 Å². The van der Waals surface area contributed by atoms with Crippen molar-refractivity contribution in [2.75, 3.05) is 23.3 Å². The lowest BCUT2D eigenvalue weighted by Crippen LogP contribution is -2.35. The number of fused-ring (bicyclic) bond motifs is 1. The van der Waals surface area contributed by atoms with E-state index >= 15 is 0 Å². The van der Waals surface area contributed by atoms with Crippen LogP contribution < -0.4 is 14.4 Å². The van der Waals surface area contributed by atoms with E-state index in [1.807, 2.05) is 12.1 Å². The fourth-order valence-corrected chi connectivity index (χ4v) is 5.43. The Labute approximate surface area is 188 Å². The van der Waals surface area contributed by atoms with Gasteiger partial charge in [0.1, 0.15) is 10.6 Å². The van der Waals surface area contributed by atoms with E-state index in [9.17, 15) is 26.4 Å². The van der Waals surface area contributed by atoms with E-state index in [1.54, 1.807) is 12.1 Å². The summed E-state index contributed by atoms with van der Waals surface area (Å²) in [5.74, 6) is -5.57. The standard InChI is InChI=1S/C23H19F3N2O4S/c1-32-19-11-8-15(23(29)27-17-10-9-16(24)21(25)22(17)26)13-20(19)33(30,31)28-12-4-6-14-5-2-3-7-18(14)28/h2-3,5,7-11,13H,4,6,12H2,1H3,(H,27,29).